The molecule has 0 aliphatic rings. The lowest BCUT2D eigenvalue weighted by Gasteiger charge is -2.13. The van der Waals surface area contributed by atoms with E-state index in [2.05, 4.69) is 112 Å². The van der Waals surface area contributed by atoms with Gasteiger partial charge in [0.05, 0.1) is 44.0 Å². The zero-order valence-electron chi connectivity index (χ0n) is 22.7. The average molecular weight is 565 g/mol. The van der Waals surface area contributed by atoms with Gasteiger partial charge in [-0.1, -0.05) is 54.6 Å². The summed E-state index contributed by atoms with van der Waals surface area (Å²) in [6, 6.07) is 46.8. The van der Waals surface area contributed by atoms with E-state index >= 15 is 0 Å². The zero-order chi connectivity index (χ0) is 28.7. The summed E-state index contributed by atoms with van der Waals surface area (Å²) < 4.78 is 6.85. The SMILES string of the molecule is N#Cc1ccc2c(c1)c1ccccc1n2-c1cccc(-n2c3ccccc3c3cc4c(cc32)sc2c(C#N)cccc24)c1. The van der Waals surface area contributed by atoms with Crippen molar-refractivity contribution in [3.63, 3.8) is 0 Å². The van der Waals surface area contributed by atoms with Crippen molar-refractivity contribution in [1.82, 2.24) is 9.13 Å². The van der Waals surface area contributed by atoms with Crippen LogP contribution >= 0.6 is 11.3 Å². The molecule has 0 amide bonds. The Morgan fingerprint density at radius 2 is 1.09 bits per heavy atom. The fourth-order valence-corrected chi connectivity index (χ4v) is 7.90. The van der Waals surface area contributed by atoms with E-state index in [-0.39, 0.29) is 0 Å². The number of benzene rings is 6. The minimum Gasteiger partial charge on any atom is -0.309 e. The molecule has 0 saturated heterocycles. The molecule has 0 saturated carbocycles. The molecule has 43 heavy (non-hydrogen) atoms. The molecule has 0 fully saturated rings. The molecule has 6 aromatic carbocycles. The van der Waals surface area contributed by atoms with Crippen molar-refractivity contribution in [3.8, 4) is 23.5 Å². The van der Waals surface area contributed by atoms with E-state index in [1.165, 1.54) is 20.9 Å². The van der Waals surface area contributed by atoms with Gasteiger partial charge in [0.25, 0.3) is 0 Å². The van der Waals surface area contributed by atoms with Crippen LogP contribution in [0.25, 0.3) is 75.2 Å². The molecular weight excluding hydrogens is 545 g/mol. The molecule has 0 N–H and O–H groups in total. The maximum Gasteiger partial charge on any atom is 0.101 e. The van der Waals surface area contributed by atoms with Crippen molar-refractivity contribution in [1.29, 1.82) is 10.5 Å². The third kappa shape index (κ3) is 3.29. The van der Waals surface area contributed by atoms with Gasteiger partial charge in [-0.2, -0.15) is 10.5 Å². The highest BCUT2D eigenvalue weighted by atomic mass is 32.1. The molecule has 3 heterocycles. The fraction of sp³-hybridized carbons (Fsp3) is 0. The summed E-state index contributed by atoms with van der Waals surface area (Å²) in [4.78, 5) is 0. The smallest absolute Gasteiger partial charge is 0.101 e. The largest absolute Gasteiger partial charge is 0.309 e. The van der Waals surface area contributed by atoms with Crippen molar-refractivity contribution < 1.29 is 0 Å². The molecule has 5 heteroatoms. The van der Waals surface area contributed by atoms with Crippen molar-refractivity contribution in [2.75, 3.05) is 0 Å². The normalized spacial score (nSPS) is 11.7. The second kappa shape index (κ2) is 8.81. The van der Waals surface area contributed by atoms with Crippen LogP contribution in [0.5, 0.6) is 0 Å². The Balaban J connectivity index is 1.34. The van der Waals surface area contributed by atoms with Gasteiger partial charge in [-0.3, -0.25) is 0 Å². The summed E-state index contributed by atoms with van der Waals surface area (Å²) in [5.74, 6) is 0. The number of aromatic nitrogens is 2. The van der Waals surface area contributed by atoms with Gasteiger partial charge in [-0.15, -0.1) is 11.3 Å². The van der Waals surface area contributed by atoms with E-state index in [0.29, 0.717) is 5.56 Å². The van der Waals surface area contributed by atoms with Crippen LogP contribution in [0.1, 0.15) is 11.1 Å². The molecule has 4 nitrogen and oxygen atoms in total. The fourth-order valence-electron chi connectivity index (χ4n) is 6.72. The molecule has 0 radical (unpaired) electrons. The van der Waals surface area contributed by atoms with Gasteiger partial charge in [0, 0.05) is 48.4 Å². The first-order valence-corrected chi connectivity index (χ1v) is 14.9. The summed E-state index contributed by atoms with van der Waals surface area (Å²) in [5.41, 5.74) is 7.96. The lowest BCUT2D eigenvalue weighted by atomic mass is 10.1. The van der Waals surface area contributed by atoms with E-state index in [1.807, 2.05) is 30.3 Å². The van der Waals surface area contributed by atoms with E-state index in [4.69, 9.17) is 0 Å². The molecule has 9 rings (SSSR count). The summed E-state index contributed by atoms with van der Waals surface area (Å²) in [5, 5.41) is 26.2. The van der Waals surface area contributed by atoms with Crippen LogP contribution in [-0.4, -0.2) is 9.13 Å². The summed E-state index contributed by atoms with van der Waals surface area (Å²) in [7, 11) is 0. The number of hydrogen-bond acceptors (Lipinski definition) is 3. The molecule has 9 aromatic rings. The quantitative estimate of drug-likeness (QED) is 0.210. The Labute approximate surface area is 250 Å². The first-order chi connectivity index (χ1) is 21.2. The van der Waals surface area contributed by atoms with E-state index in [0.717, 1.165) is 59.9 Å². The molecule has 0 spiro atoms. The van der Waals surface area contributed by atoms with Crippen LogP contribution < -0.4 is 0 Å². The number of thiophene rings is 1. The second-order valence-corrected chi connectivity index (χ2v) is 11.9. The van der Waals surface area contributed by atoms with Crippen LogP contribution in [-0.2, 0) is 0 Å². The summed E-state index contributed by atoms with van der Waals surface area (Å²) in [6.07, 6.45) is 0. The number of fused-ring (bicyclic) bond motifs is 9. The average Bonchev–Trinajstić information content (AvgIpc) is 3.70. The predicted octanol–water partition coefficient (Wildman–Crippen LogP) is 9.99. The van der Waals surface area contributed by atoms with Crippen LogP contribution in [0, 0.1) is 22.7 Å². The molecule has 0 unspecified atom stereocenters. The van der Waals surface area contributed by atoms with Gasteiger partial charge < -0.3 is 9.13 Å². The standard InChI is InChI=1S/C38H20N4S/c39-21-23-15-16-35-30(17-23)27-10-1-3-13-33(27)41(35)25-8-6-9-26(18-25)42-34-14-4-2-11-28(34)31-19-32-29-12-5-7-24(22-40)38(29)43-37(32)20-36(31)42/h1-20H. The third-order valence-electron chi connectivity index (χ3n) is 8.56. The Kier molecular flexibility index (Phi) is 4.87. The maximum absolute atomic E-state index is 9.74. The minimum absolute atomic E-state index is 0.656. The number of hydrogen-bond donors (Lipinski definition) is 0. The summed E-state index contributed by atoms with van der Waals surface area (Å²) in [6.45, 7) is 0. The minimum atomic E-state index is 0.656. The Bertz CT molecular complexity index is 2710. The monoisotopic (exact) mass is 564 g/mol. The molecule has 0 atom stereocenters. The van der Waals surface area contributed by atoms with Crippen molar-refractivity contribution in [2.24, 2.45) is 0 Å². The van der Waals surface area contributed by atoms with Gasteiger partial charge in [0.15, 0.2) is 0 Å². The number of rotatable bonds is 2. The van der Waals surface area contributed by atoms with E-state index < -0.39 is 0 Å². The Morgan fingerprint density at radius 1 is 0.465 bits per heavy atom. The molecular formula is C38H20N4S. The van der Waals surface area contributed by atoms with Gasteiger partial charge in [-0.25, -0.2) is 0 Å². The Hall–Kier alpha value is -5.88. The van der Waals surface area contributed by atoms with E-state index in [9.17, 15) is 10.5 Å². The molecule has 198 valence electrons. The van der Waals surface area contributed by atoms with Crippen LogP contribution in [0.4, 0.5) is 0 Å². The number of nitriles is 2. The number of para-hydroxylation sites is 2. The van der Waals surface area contributed by atoms with Crippen LogP contribution in [0.15, 0.2) is 121 Å². The van der Waals surface area contributed by atoms with Gasteiger partial charge in [-0.05, 0) is 66.7 Å². The first-order valence-electron chi connectivity index (χ1n) is 14.1. The lowest BCUT2D eigenvalue weighted by Crippen LogP contribution is -1.98. The zero-order valence-corrected chi connectivity index (χ0v) is 23.6. The van der Waals surface area contributed by atoms with E-state index in [1.54, 1.807) is 11.3 Å². The van der Waals surface area contributed by atoms with Crippen molar-refractivity contribution in [3.05, 3.63) is 132 Å². The molecule has 0 bridgehead atoms. The van der Waals surface area contributed by atoms with Crippen molar-refractivity contribution in [2.45, 2.75) is 0 Å². The lowest BCUT2D eigenvalue weighted by molar-refractivity contribution is 1.13. The topological polar surface area (TPSA) is 57.4 Å². The van der Waals surface area contributed by atoms with Gasteiger partial charge in [0.1, 0.15) is 6.07 Å². The highest BCUT2D eigenvalue weighted by Crippen LogP contribution is 2.42. The van der Waals surface area contributed by atoms with Crippen LogP contribution in [0.3, 0.4) is 0 Å². The van der Waals surface area contributed by atoms with Crippen molar-refractivity contribution >= 4 is 75.1 Å². The number of nitrogens with zero attached hydrogens (tertiary/aromatic N) is 4. The third-order valence-corrected chi connectivity index (χ3v) is 9.76. The first kappa shape index (κ1) is 23.8. The molecule has 0 aliphatic heterocycles. The molecule has 3 aromatic heterocycles. The maximum atomic E-state index is 9.74. The van der Waals surface area contributed by atoms with Gasteiger partial charge in [0.2, 0.25) is 0 Å². The van der Waals surface area contributed by atoms with Gasteiger partial charge >= 0.3 is 0 Å². The Morgan fingerprint density at radius 3 is 1.81 bits per heavy atom. The highest BCUT2D eigenvalue weighted by Gasteiger charge is 2.18. The highest BCUT2D eigenvalue weighted by molar-refractivity contribution is 7.26. The molecule has 0 aliphatic carbocycles. The van der Waals surface area contributed by atoms with Crippen LogP contribution in [0.2, 0.25) is 0 Å². The second-order valence-electron chi connectivity index (χ2n) is 10.8. The summed E-state index contributed by atoms with van der Waals surface area (Å²) >= 11 is 1.69. The predicted molar refractivity (Wildman–Crippen MR) is 177 cm³/mol.